The number of benzene rings is 1. The van der Waals surface area contributed by atoms with Crippen LogP contribution < -0.4 is 11.5 Å². The molecule has 4 rings (SSSR count). The third-order valence-corrected chi connectivity index (χ3v) is 8.09. The molecule has 144 valence electrons. The highest BCUT2D eigenvalue weighted by Crippen LogP contribution is 2.80. The molecule has 0 aliphatic heterocycles. The van der Waals surface area contributed by atoms with Crippen molar-refractivity contribution < 1.29 is 9.59 Å². The highest BCUT2D eigenvalue weighted by molar-refractivity contribution is 9.10. The molecule has 2 saturated carbocycles. The molecule has 0 saturated heterocycles. The first-order valence-corrected chi connectivity index (χ1v) is 10.7. The molecule has 1 spiro atoms. The van der Waals surface area contributed by atoms with Crippen molar-refractivity contribution in [3.05, 3.63) is 46.5 Å². The average molecular weight is 431 g/mol. The molecule has 2 fully saturated rings. The highest BCUT2D eigenvalue weighted by Gasteiger charge is 2.82. The van der Waals surface area contributed by atoms with Gasteiger partial charge in [-0.2, -0.15) is 0 Å². The first kappa shape index (κ1) is 18.7. The van der Waals surface area contributed by atoms with Crippen molar-refractivity contribution in [1.82, 2.24) is 0 Å². The number of allylic oxidation sites excluding steroid dienone is 2. The fourth-order valence-electron chi connectivity index (χ4n) is 6.46. The molecule has 4 nitrogen and oxygen atoms in total. The van der Waals surface area contributed by atoms with E-state index in [4.69, 9.17) is 11.5 Å². The molecule has 5 heteroatoms. The zero-order chi connectivity index (χ0) is 19.4. The molecule has 3 aliphatic carbocycles. The quantitative estimate of drug-likeness (QED) is 0.508. The van der Waals surface area contributed by atoms with Crippen LogP contribution in [0.4, 0.5) is 0 Å². The topological polar surface area (TPSA) is 86.2 Å². The number of carbonyl (C=O) groups is 2. The lowest BCUT2D eigenvalue weighted by Crippen LogP contribution is -2.62. The Labute approximate surface area is 168 Å². The molecule has 4 N–H and O–H groups in total. The van der Waals surface area contributed by atoms with Crippen molar-refractivity contribution in [1.29, 1.82) is 0 Å². The summed E-state index contributed by atoms with van der Waals surface area (Å²) in [6.45, 7) is 2.14. The first-order chi connectivity index (χ1) is 12.9. The Morgan fingerprint density at radius 1 is 1.04 bits per heavy atom. The van der Waals surface area contributed by atoms with Crippen LogP contribution in [0.1, 0.15) is 51.0 Å². The van der Waals surface area contributed by atoms with E-state index >= 15 is 0 Å². The summed E-state index contributed by atoms with van der Waals surface area (Å²) in [6.07, 6.45) is 9.91. The van der Waals surface area contributed by atoms with Crippen LogP contribution in [0, 0.1) is 22.7 Å². The molecule has 0 unspecified atom stereocenters. The molecule has 3 aliphatic rings. The van der Waals surface area contributed by atoms with E-state index in [1.54, 1.807) is 0 Å². The van der Waals surface area contributed by atoms with E-state index < -0.39 is 16.7 Å². The van der Waals surface area contributed by atoms with Crippen LogP contribution in [0.2, 0.25) is 0 Å². The van der Waals surface area contributed by atoms with Gasteiger partial charge in [0.05, 0.1) is 10.8 Å². The Morgan fingerprint density at radius 2 is 1.67 bits per heavy atom. The number of primary amides is 2. The predicted molar refractivity (Wildman–Crippen MR) is 109 cm³/mol. The number of nitrogens with two attached hydrogens (primary N) is 2. The summed E-state index contributed by atoms with van der Waals surface area (Å²) in [5.74, 6) is -0.838. The van der Waals surface area contributed by atoms with Crippen molar-refractivity contribution >= 4 is 27.7 Å². The Bertz CT molecular complexity index is 814. The normalized spacial score (nSPS) is 34.9. The van der Waals surface area contributed by atoms with E-state index in [0.29, 0.717) is 6.42 Å². The minimum absolute atomic E-state index is 0.000466. The molecular formula is C22H27BrN2O2. The van der Waals surface area contributed by atoms with Crippen LogP contribution in [0.5, 0.6) is 0 Å². The fourth-order valence-corrected chi connectivity index (χ4v) is 6.73. The van der Waals surface area contributed by atoms with Gasteiger partial charge in [0.1, 0.15) is 0 Å². The van der Waals surface area contributed by atoms with Gasteiger partial charge in [-0.3, -0.25) is 9.59 Å². The lowest BCUT2D eigenvalue weighted by Gasteiger charge is -2.48. The summed E-state index contributed by atoms with van der Waals surface area (Å²) >= 11 is 3.47. The van der Waals surface area contributed by atoms with Gasteiger partial charge in [0.15, 0.2) is 0 Å². The van der Waals surface area contributed by atoms with Gasteiger partial charge in [0.25, 0.3) is 0 Å². The third-order valence-electron chi connectivity index (χ3n) is 7.57. The smallest absolute Gasteiger partial charge is 0.229 e. The van der Waals surface area contributed by atoms with Gasteiger partial charge in [-0.05, 0) is 48.3 Å². The number of amides is 2. The monoisotopic (exact) mass is 430 g/mol. The zero-order valence-electron chi connectivity index (χ0n) is 15.7. The van der Waals surface area contributed by atoms with Crippen LogP contribution in [-0.2, 0) is 15.0 Å². The van der Waals surface area contributed by atoms with Gasteiger partial charge < -0.3 is 11.5 Å². The summed E-state index contributed by atoms with van der Waals surface area (Å²) in [4.78, 5) is 26.4. The van der Waals surface area contributed by atoms with Crippen LogP contribution in [0.3, 0.4) is 0 Å². The summed E-state index contributed by atoms with van der Waals surface area (Å²) in [5.41, 5.74) is 11.1. The fraction of sp³-hybridized carbons (Fsp3) is 0.545. The highest BCUT2D eigenvalue weighted by atomic mass is 79.9. The van der Waals surface area contributed by atoms with Crippen molar-refractivity contribution in [2.75, 3.05) is 0 Å². The van der Waals surface area contributed by atoms with Crippen LogP contribution in [0.15, 0.2) is 40.9 Å². The van der Waals surface area contributed by atoms with Gasteiger partial charge in [-0.1, -0.05) is 66.4 Å². The van der Waals surface area contributed by atoms with Crippen LogP contribution in [-0.4, -0.2) is 11.8 Å². The summed E-state index contributed by atoms with van der Waals surface area (Å²) < 4.78 is 0.932. The van der Waals surface area contributed by atoms with Gasteiger partial charge in [-0.15, -0.1) is 0 Å². The van der Waals surface area contributed by atoms with Gasteiger partial charge in [0.2, 0.25) is 11.8 Å². The van der Waals surface area contributed by atoms with E-state index in [9.17, 15) is 9.59 Å². The van der Waals surface area contributed by atoms with Crippen LogP contribution in [0.25, 0.3) is 0 Å². The number of carbonyl (C=O) groups excluding carboxylic acids is 2. The number of rotatable bonds is 7. The molecule has 0 aromatic heterocycles. The second-order valence-electron chi connectivity index (χ2n) is 8.55. The summed E-state index contributed by atoms with van der Waals surface area (Å²) in [7, 11) is 0. The Kier molecular flexibility index (Phi) is 4.30. The van der Waals surface area contributed by atoms with Crippen molar-refractivity contribution in [2.24, 2.45) is 34.1 Å². The molecule has 2 amide bonds. The zero-order valence-corrected chi connectivity index (χ0v) is 17.3. The lowest BCUT2D eigenvalue weighted by atomic mass is 9.52. The number of hydrogen-bond acceptors (Lipinski definition) is 2. The third kappa shape index (κ3) is 2.15. The predicted octanol–water partition coefficient (Wildman–Crippen LogP) is 3.82. The van der Waals surface area contributed by atoms with Crippen molar-refractivity contribution in [2.45, 2.75) is 50.9 Å². The van der Waals surface area contributed by atoms with E-state index in [2.05, 4.69) is 35.0 Å². The van der Waals surface area contributed by atoms with E-state index in [-0.39, 0.29) is 23.2 Å². The molecule has 4 atom stereocenters. The maximum atomic E-state index is 13.2. The van der Waals surface area contributed by atoms with Gasteiger partial charge >= 0.3 is 0 Å². The van der Waals surface area contributed by atoms with Crippen molar-refractivity contribution in [3.8, 4) is 0 Å². The van der Waals surface area contributed by atoms with Gasteiger partial charge in [0, 0.05) is 10.4 Å². The molecule has 0 radical (unpaired) electrons. The molecular weight excluding hydrogens is 404 g/mol. The molecule has 27 heavy (non-hydrogen) atoms. The van der Waals surface area contributed by atoms with Crippen LogP contribution >= 0.6 is 15.9 Å². The maximum absolute atomic E-state index is 13.2. The number of unbranched alkanes of at least 4 members (excludes halogenated alkanes) is 2. The lowest BCUT2D eigenvalue weighted by molar-refractivity contribution is -0.143. The standard InChI is InChI=1S/C22H27BrN2O2/c1-2-3-4-11-21(18(24)26)16-9-10-17(20(16)12-13-20)22(21,19(25)27)14-5-7-15(23)8-6-14/h5-10,16-17H,2-4,11-13H2,1H3,(H2,24,26)(H2,25,27)/t16-,17+,21+,22-/m1/s1. The molecule has 1 aromatic carbocycles. The Morgan fingerprint density at radius 3 is 2.19 bits per heavy atom. The molecule has 1 aromatic rings. The Balaban J connectivity index is 1.98. The summed E-state index contributed by atoms with van der Waals surface area (Å²) in [5, 5.41) is 0. The van der Waals surface area contributed by atoms with E-state index in [1.165, 1.54) is 0 Å². The van der Waals surface area contributed by atoms with Gasteiger partial charge in [-0.25, -0.2) is 0 Å². The largest absolute Gasteiger partial charge is 0.369 e. The first-order valence-electron chi connectivity index (χ1n) is 9.92. The maximum Gasteiger partial charge on any atom is 0.229 e. The molecule has 0 heterocycles. The second kappa shape index (κ2) is 6.20. The summed E-state index contributed by atoms with van der Waals surface area (Å²) in [6, 6.07) is 7.73. The minimum Gasteiger partial charge on any atom is -0.369 e. The number of halogens is 1. The molecule has 2 bridgehead atoms. The van der Waals surface area contributed by atoms with E-state index in [0.717, 1.165) is 42.1 Å². The average Bonchev–Trinajstić information content (AvgIpc) is 3.29. The van der Waals surface area contributed by atoms with Crippen molar-refractivity contribution in [3.63, 3.8) is 0 Å². The Hall–Kier alpha value is -1.62. The SMILES string of the molecule is CCCCC[C@@]1(C(N)=O)[C@@H]2C=C[C@@H](C23CC3)[C@@]1(C(N)=O)c1ccc(Br)cc1. The second-order valence-corrected chi connectivity index (χ2v) is 9.46. The number of hydrogen-bond donors (Lipinski definition) is 2. The minimum atomic E-state index is -1.07. The van der Waals surface area contributed by atoms with E-state index in [1.807, 2.05) is 24.3 Å².